The van der Waals surface area contributed by atoms with E-state index in [-0.39, 0.29) is 0 Å². The molecular formula is C19H30N2O2S. The molecule has 0 bridgehead atoms. The normalized spacial score (nSPS) is 21.5. The van der Waals surface area contributed by atoms with Gasteiger partial charge >= 0.3 is 0 Å². The van der Waals surface area contributed by atoms with Crippen LogP contribution in [-0.4, -0.2) is 37.9 Å². The second kappa shape index (κ2) is 7.14. The average Bonchev–Trinajstić information content (AvgIpc) is 2.99. The van der Waals surface area contributed by atoms with Gasteiger partial charge in [-0.25, -0.2) is 8.42 Å². The van der Waals surface area contributed by atoms with E-state index in [2.05, 4.69) is 5.32 Å². The second-order valence-electron chi connectivity index (χ2n) is 7.55. The van der Waals surface area contributed by atoms with Crippen LogP contribution in [-0.2, 0) is 10.0 Å². The van der Waals surface area contributed by atoms with Gasteiger partial charge in [0.2, 0.25) is 10.0 Å². The van der Waals surface area contributed by atoms with Gasteiger partial charge in [-0.2, -0.15) is 4.31 Å². The summed E-state index contributed by atoms with van der Waals surface area (Å²) in [6, 6.07) is 5.06. The van der Waals surface area contributed by atoms with Crippen molar-refractivity contribution in [3.63, 3.8) is 0 Å². The maximum absolute atomic E-state index is 13.1. The Hall–Kier alpha value is -0.910. The van der Waals surface area contributed by atoms with Gasteiger partial charge in [0.15, 0.2) is 0 Å². The number of hydrogen-bond acceptors (Lipinski definition) is 3. The maximum Gasteiger partial charge on any atom is 0.243 e. The molecule has 0 unspecified atom stereocenters. The van der Waals surface area contributed by atoms with Crippen molar-refractivity contribution in [2.45, 2.75) is 76.3 Å². The van der Waals surface area contributed by atoms with Crippen molar-refractivity contribution in [1.82, 2.24) is 9.62 Å². The summed E-state index contributed by atoms with van der Waals surface area (Å²) in [6.07, 6.45) is 7.05. The van der Waals surface area contributed by atoms with E-state index in [1.165, 1.54) is 25.7 Å². The van der Waals surface area contributed by atoms with Crippen LogP contribution in [0.2, 0.25) is 0 Å². The summed E-state index contributed by atoms with van der Waals surface area (Å²) in [4.78, 5) is 0.510. The minimum atomic E-state index is -3.39. The van der Waals surface area contributed by atoms with E-state index in [0.717, 1.165) is 29.5 Å². The molecule has 1 heterocycles. The molecule has 0 atom stereocenters. The third-order valence-electron chi connectivity index (χ3n) is 5.48. The van der Waals surface area contributed by atoms with Gasteiger partial charge in [0.1, 0.15) is 0 Å². The number of piperidine rings is 1. The summed E-state index contributed by atoms with van der Waals surface area (Å²) in [5.41, 5.74) is 2.83. The highest BCUT2D eigenvalue weighted by molar-refractivity contribution is 7.89. The molecule has 1 saturated heterocycles. The Morgan fingerprint density at radius 2 is 1.42 bits per heavy atom. The highest BCUT2D eigenvalue weighted by Crippen LogP contribution is 2.28. The fraction of sp³-hybridized carbons (Fsp3) is 0.684. The zero-order valence-corrected chi connectivity index (χ0v) is 16.0. The predicted octanol–water partition coefficient (Wildman–Crippen LogP) is 3.30. The molecule has 4 nitrogen and oxygen atoms in total. The van der Waals surface area contributed by atoms with Crippen LogP contribution in [0, 0.1) is 20.8 Å². The highest BCUT2D eigenvalue weighted by Gasteiger charge is 2.32. The van der Waals surface area contributed by atoms with Gasteiger partial charge in [0, 0.05) is 25.2 Å². The van der Waals surface area contributed by atoms with E-state index >= 15 is 0 Å². The molecule has 1 aromatic rings. The third-order valence-corrected chi connectivity index (χ3v) is 7.69. The predicted molar refractivity (Wildman–Crippen MR) is 97.8 cm³/mol. The molecular weight excluding hydrogens is 320 g/mol. The third kappa shape index (κ3) is 3.68. The van der Waals surface area contributed by atoms with Crippen LogP contribution in [0.5, 0.6) is 0 Å². The quantitative estimate of drug-likeness (QED) is 0.906. The molecule has 0 spiro atoms. The van der Waals surface area contributed by atoms with E-state index in [0.29, 0.717) is 30.1 Å². The first-order valence-corrected chi connectivity index (χ1v) is 10.7. The number of nitrogens with zero attached hydrogens (tertiary/aromatic N) is 1. The Balaban J connectivity index is 1.69. The first-order chi connectivity index (χ1) is 11.4. The lowest BCUT2D eigenvalue weighted by atomic mass is 10.1. The number of rotatable bonds is 4. The zero-order valence-electron chi connectivity index (χ0n) is 15.1. The minimum absolute atomic E-state index is 0.472. The van der Waals surface area contributed by atoms with E-state index in [1.54, 1.807) is 4.31 Å². The Bertz CT molecular complexity index is 662. The summed E-state index contributed by atoms with van der Waals surface area (Å²) in [5.74, 6) is 0. The molecule has 3 rings (SSSR count). The van der Waals surface area contributed by atoms with Gasteiger partial charge < -0.3 is 5.32 Å². The standard InChI is InChI=1S/C19H30N2O2S/c1-14-12-15(2)19(16(3)13-14)24(22,23)21-10-8-18(9-11-21)20-17-6-4-5-7-17/h12-13,17-18,20H,4-11H2,1-3H3. The second-order valence-corrected chi connectivity index (χ2v) is 9.43. The topological polar surface area (TPSA) is 49.4 Å². The van der Waals surface area contributed by atoms with E-state index in [1.807, 2.05) is 32.9 Å². The van der Waals surface area contributed by atoms with E-state index in [9.17, 15) is 8.42 Å². The van der Waals surface area contributed by atoms with Gasteiger partial charge in [-0.05, 0) is 57.6 Å². The molecule has 1 aliphatic heterocycles. The van der Waals surface area contributed by atoms with Gasteiger partial charge in [-0.3, -0.25) is 0 Å². The number of benzene rings is 1. The summed E-state index contributed by atoms with van der Waals surface area (Å²) in [5, 5.41) is 3.74. The zero-order chi connectivity index (χ0) is 17.3. The summed E-state index contributed by atoms with van der Waals surface area (Å²) >= 11 is 0. The van der Waals surface area contributed by atoms with Gasteiger partial charge in [-0.15, -0.1) is 0 Å². The lowest BCUT2D eigenvalue weighted by Crippen LogP contribution is -2.47. The number of aryl methyl sites for hydroxylation is 3. The first kappa shape index (κ1) is 17.9. The van der Waals surface area contributed by atoms with Crippen molar-refractivity contribution < 1.29 is 8.42 Å². The van der Waals surface area contributed by atoms with Crippen LogP contribution >= 0.6 is 0 Å². The number of sulfonamides is 1. The molecule has 2 aliphatic rings. The first-order valence-electron chi connectivity index (χ1n) is 9.22. The molecule has 0 aromatic heterocycles. The van der Waals surface area contributed by atoms with Crippen molar-refractivity contribution in [3.05, 3.63) is 28.8 Å². The van der Waals surface area contributed by atoms with Gasteiger partial charge in [0.05, 0.1) is 4.90 Å². The van der Waals surface area contributed by atoms with Crippen LogP contribution in [0.15, 0.2) is 17.0 Å². The summed E-state index contributed by atoms with van der Waals surface area (Å²) < 4.78 is 27.9. The SMILES string of the molecule is Cc1cc(C)c(S(=O)(=O)N2CCC(NC3CCCC3)CC2)c(C)c1. The molecule has 0 radical (unpaired) electrons. The molecule has 5 heteroatoms. The largest absolute Gasteiger partial charge is 0.311 e. The molecule has 1 saturated carbocycles. The average molecular weight is 351 g/mol. The Morgan fingerprint density at radius 3 is 1.96 bits per heavy atom. The van der Waals surface area contributed by atoms with Crippen LogP contribution in [0.4, 0.5) is 0 Å². The van der Waals surface area contributed by atoms with Crippen molar-refractivity contribution in [2.75, 3.05) is 13.1 Å². The highest BCUT2D eigenvalue weighted by atomic mass is 32.2. The van der Waals surface area contributed by atoms with Crippen molar-refractivity contribution in [2.24, 2.45) is 0 Å². The number of hydrogen-bond donors (Lipinski definition) is 1. The molecule has 1 aromatic carbocycles. The van der Waals surface area contributed by atoms with E-state index < -0.39 is 10.0 Å². The van der Waals surface area contributed by atoms with Gasteiger partial charge in [0.25, 0.3) is 0 Å². The summed E-state index contributed by atoms with van der Waals surface area (Å²) in [7, 11) is -3.39. The van der Waals surface area contributed by atoms with Crippen molar-refractivity contribution >= 4 is 10.0 Å². The van der Waals surface area contributed by atoms with E-state index in [4.69, 9.17) is 0 Å². The Morgan fingerprint density at radius 1 is 0.917 bits per heavy atom. The maximum atomic E-state index is 13.1. The summed E-state index contributed by atoms with van der Waals surface area (Å²) in [6.45, 7) is 7.07. The molecule has 24 heavy (non-hydrogen) atoms. The lowest BCUT2D eigenvalue weighted by Gasteiger charge is -2.33. The molecule has 1 N–H and O–H groups in total. The van der Waals surface area contributed by atoms with Crippen LogP contribution < -0.4 is 5.32 Å². The smallest absolute Gasteiger partial charge is 0.243 e. The van der Waals surface area contributed by atoms with Crippen molar-refractivity contribution in [1.29, 1.82) is 0 Å². The molecule has 1 aliphatic carbocycles. The number of nitrogens with one attached hydrogen (secondary N) is 1. The Kier molecular flexibility index (Phi) is 5.33. The van der Waals surface area contributed by atoms with Crippen LogP contribution in [0.25, 0.3) is 0 Å². The fourth-order valence-corrected chi connectivity index (χ4v) is 6.27. The van der Waals surface area contributed by atoms with Crippen LogP contribution in [0.3, 0.4) is 0 Å². The van der Waals surface area contributed by atoms with Gasteiger partial charge in [-0.1, -0.05) is 30.5 Å². The van der Waals surface area contributed by atoms with Crippen LogP contribution in [0.1, 0.15) is 55.2 Å². The molecule has 0 amide bonds. The minimum Gasteiger partial charge on any atom is -0.311 e. The Labute approximate surface area is 146 Å². The monoisotopic (exact) mass is 350 g/mol. The molecule has 134 valence electrons. The van der Waals surface area contributed by atoms with Crippen molar-refractivity contribution in [3.8, 4) is 0 Å². The fourth-order valence-electron chi connectivity index (χ4n) is 4.39. The lowest BCUT2D eigenvalue weighted by molar-refractivity contribution is 0.273. The molecule has 2 fully saturated rings.